The Labute approximate surface area is 160 Å². The molecule has 1 N–H and O–H groups in total. The molecule has 0 radical (unpaired) electrons. The monoisotopic (exact) mass is 386 g/mol. The molecule has 27 heavy (non-hydrogen) atoms. The van der Waals surface area contributed by atoms with E-state index in [-0.39, 0.29) is 12.1 Å². The summed E-state index contributed by atoms with van der Waals surface area (Å²) in [4.78, 5) is 25.2. The molecule has 1 heterocycles. The number of halogens is 2. The molecule has 1 amide bonds. The Morgan fingerprint density at radius 2 is 1.96 bits per heavy atom. The Morgan fingerprint density at radius 1 is 1.19 bits per heavy atom. The number of carbonyl (C=O) groups excluding carboxylic acids is 1. The van der Waals surface area contributed by atoms with Gasteiger partial charge in [0, 0.05) is 16.8 Å². The van der Waals surface area contributed by atoms with Crippen molar-refractivity contribution < 1.29 is 13.9 Å². The highest BCUT2D eigenvalue weighted by Gasteiger charge is 2.15. The number of hydrogen-bond acceptors (Lipinski definition) is 3. The fourth-order valence-corrected chi connectivity index (χ4v) is 2.78. The molecular formula is C20H16ClFN2O3. The number of aromatic nitrogens is 1. The molecule has 0 aliphatic rings. The SMILES string of the molecule is COc1ccc(Cl)cc1NC(=O)c1cccn(Cc2ccccc2F)c1=O. The van der Waals surface area contributed by atoms with Crippen molar-refractivity contribution in [1.29, 1.82) is 0 Å². The van der Waals surface area contributed by atoms with Crippen molar-refractivity contribution in [1.82, 2.24) is 4.57 Å². The second kappa shape index (κ2) is 8.05. The molecule has 0 spiro atoms. The number of carbonyl (C=O) groups is 1. The molecule has 1 aromatic heterocycles. The van der Waals surface area contributed by atoms with Crippen molar-refractivity contribution in [2.75, 3.05) is 12.4 Å². The van der Waals surface area contributed by atoms with E-state index in [1.54, 1.807) is 36.4 Å². The average Bonchev–Trinajstić information content (AvgIpc) is 2.65. The van der Waals surface area contributed by atoms with Gasteiger partial charge in [-0.2, -0.15) is 0 Å². The second-order valence-electron chi connectivity index (χ2n) is 5.75. The van der Waals surface area contributed by atoms with Crippen molar-refractivity contribution in [2.45, 2.75) is 6.54 Å². The summed E-state index contributed by atoms with van der Waals surface area (Å²) in [5, 5.41) is 3.04. The first-order valence-corrected chi connectivity index (χ1v) is 8.45. The minimum atomic E-state index is -0.608. The summed E-state index contributed by atoms with van der Waals surface area (Å²) in [6, 6.07) is 13.9. The lowest BCUT2D eigenvalue weighted by Crippen LogP contribution is -2.29. The Morgan fingerprint density at radius 3 is 2.70 bits per heavy atom. The molecule has 7 heteroatoms. The summed E-state index contributed by atoms with van der Waals surface area (Å²) in [5.41, 5.74) is 0.0997. The predicted molar refractivity (Wildman–Crippen MR) is 102 cm³/mol. The molecule has 0 fully saturated rings. The highest BCUT2D eigenvalue weighted by Crippen LogP contribution is 2.27. The largest absolute Gasteiger partial charge is 0.495 e. The summed E-state index contributed by atoms with van der Waals surface area (Å²) in [7, 11) is 1.46. The number of benzene rings is 2. The summed E-state index contributed by atoms with van der Waals surface area (Å²) >= 11 is 5.96. The number of ether oxygens (including phenoxy) is 1. The Kier molecular flexibility index (Phi) is 5.57. The molecule has 3 aromatic rings. The van der Waals surface area contributed by atoms with Crippen LogP contribution in [0.15, 0.2) is 65.6 Å². The van der Waals surface area contributed by atoms with Crippen LogP contribution in [0.25, 0.3) is 0 Å². The van der Waals surface area contributed by atoms with Crippen LogP contribution in [0.5, 0.6) is 5.75 Å². The van der Waals surface area contributed by atoms with Crippen LogP contribution < -0.4 is 15.6 Å². The molecule has 0 saturated heterocycles. The number of methoxy groups -OCH3 is 1. The maximum atomic E-state index is 13.9. The first kappa shape index (κ1) is 18.7. The van der Waals surface area contributed by atoms with Gasteiger partial charge in [0.15, 0.2) is 0 Å². The molecule has 3 rings (SSSR count). The normalized spacial score (nSPS) is 10.5. The maximum Gasteiger partial charge on any atom is 0.263 e. The number of nitrogens with one attached hydrogen (secondary N) is 1. The number of rotatable bonds is 5. The first-order valence-electron chi connectivity index (χ1n) is 8.07. The van der Waals surface area contributed by atoms with Crippen molar-refractivity contribution in [2.24, 2.45) is 0 Å². The van der Waals surface area contributed by atoms with Gasteiger partial charge < -0.3 is 14.6 Å². The van der Waals surface area contributed by atoms with Gasteiger partial charge in [-0.05, 0) is 36.4 Å². The molecule has 2 aromatic carbocycles. The van der Waals surface area contributed by atoms with Gasteiger partial charge in [-0.1, -0.05) is 29.8 Å². The standard InChI is InChI=1S/C20H16ClFN2O3/c1-27-18-9-8-14(21)11-17(18)23-19(25)15-6-4-10-24(20(15)26)12-13-5-2-3-7-16(13)22/h2-11H,12H2,1H3,(H,23,25). The highest BCUT2D eigenvalue weighted by atomic mass is 35.5. The van der Waals surface area contributed by atoms with Gasteiger partial charge in [0.2, 0.25) is 0 Å². The third-order valence-corrected chi connectivity index (χ3v) is 4.21. The lowest BCUT2D eigenvalue weighted by atomic mass is 10.2. The van der Waals surface area contributed by atoms with Crippen molar-refractivity contribution in [3.05, 3.63) is 93.1 Å². The minimum absolute atomic E-state index is 0.0209. The number of amides is 1. The van der Waals surface area contributed by atoms with E-state index in [1.165, 1.54) is 36.1 Å². The van der Waals surface area contributed by atoms with Gasteiger partial charge in [0.25, 0.3) is 11.5 Å². The lowest BCUT2D eigenvalue weighted by Gasteiger charge is -2.12. The smallest absolute Gasteiger partial charge is 0.263 e. The number of anilines is 1. The minimum Gasteiger partial charge on any atom is -0.495 e. The van der Waals surface area contributed by atoms with E-state index in [0.29, 0.717) is 22.0 Å². The zero-order chi connectivity index (χ0) is 19.4. The van der Waals surface area contributed by atoms with Gasteiger partial charge in [0.05, 0.1) is 19.3 Å². The molecule has 0 aliphatic carbocycles. The van der Waals surface area contributed by atoms with Gasteiger partial charge in [0.1, 0.15) is 17.1 Å². The molecule has 0 atom stereocenters. The zero-order valence-electron chi connectivity index (χ0n) is 14.4. The highest BCUT2D eigenvalue weighted by molar-refractivity contribution is 6.31. The average molecular weight is 387 g/mol. The number of pyridine rings is 1. The Hall–Kier alpha value is -3.12. The number of hydrogen-bond donors (Lipinski definition) is 1. The fourth-order valence-electron chi connectivity index (χ4n) is 2.61. The summed E-state index contributed by atoms with van der Waals surface area (Å²) in [6.45, 7) is 0.0209. The second-order valence-corrected chi connectivity index (χ2v) is 6.18. The molecule has 0 bridgehead atoms. The quantitative estimate of drug-likeness (QED) is 0.722. The summed E-state index contributed by atoms with van der Waals surface area (Å²) in [6.07, 6.45) is 1.51. The van der Waals surface area contributed by atoms with Gasteiger partial charge >= 0.3 is 0 Å². The van der Waals surface area contributed by atoms with E-state index in [9.17, 15) is 14.0 Å². The van der Waals surface area contributed by atoms with Crippen molar-refractivity contribution in [3.63, 3.8) is 0 Å². The van der Waals surface area contributed by atoms with Crippen LogP contribution in [0, 0.1) is 5.82 Å². The summed E-state index contributed by atoms with van der Waals surface area (Å²) in [5.74, 6) is -0.610. The molecule has 5 nitrogen and oxygen atoms in total. The Balaban J connectivity index is 1.90. The van der Waals surface area contributed by atoms with Crippen LogP contribution in [0.2, 0.25) is 5.02 Å². The third kappa shape index (κ3) is 4.17. The first-order chi connectivity index (χ1) is 13.0. The molecule has 138 valence electrons. The van der Waals surface area contributed by atoms with E-state index in [2.05, 4.69) is 5.32 Å². The van der Waals surface area contributed by atoms with Crippen LogP contribution in [0.1, 0.15) is 15.9 Å². The lowest BCUT2D eigenvalue weighted by molar-refractivity contribution is 0.102. The van der Waals surface area contributed by atoms with Crippen molar-refractivity contribution >= 4 is 23.2 Å². The third-order valence-electron chi connectivity index (χ3n) is 3.97. The van der Waals surface area contributed by atoms with Gasteiger partial charge in [-0.25, -0.2) is 4.39 Å². The Bertz CT molecular complexity index is 1050. The van der Waals surface area contributed by atoms with Crippen LogP contribution >= 0.6 is 11.6 Å². The van der Waals surface area contributed by atoms with E-state index < -0.39 is 17.3 Å². The maximum absolute atomic E-state index is 13.9. The fraction of sp³-hybridized carbons (Fsp3) is 0.100. The van der Waals surface area contributed by atoms with E-state index in [1.807, 2.05) is 0 Å². The van der Waals surface area contributed by atoms with Crippen LogP contribution in [-0.2, 0) is 6.54 Å². The zero-order valence-corrected chi connectivity index (χ0v) is 15.2. The predicted octanol–water partition coefficient (Wildman–Crippen LogP) is 3.95. The van der Waals surface area contributed by atoms with Crippen LogP contribution in [0.3, 0.4) is 0 Å². The number of nitrogens with zero attached hydrogens (tertiary/aromatic N) is 1. The van der Waals surface area contributed by atoms with Crippen LogP contribution in [-0.4, -0.2) is 17.6 Å². The van der Waals surface area contributed by atoms with Crippen LogP contribution in [0.4, 0.5) is 10.1 Å². The molecule has 0 aliphatic heterocycles. The van der Waals surface area contributed by atoms with Gasteiger partial charge in [-0.3, -0.25) is 9.59 Å². The van der Waals surface area contributed by atoms with Crippen molar-refractivity contribution in [3.8, 4) is 5.75 Å². The summed E-state index contributed by atoms with van der Waals surface area (Å²) < 4.78 is 20.3. The molecule has 0 unspecified atom stereocenters. The van der Waals surface area contributed by atoms with E-state index >= 15 is 0 Å². The molecule has 0 saturated carbocycles. The van der Waals surface area contributed by atoms with Gasteiger partial charge in [-0.15, -0.1) is 0 Å². The van der Waals surface area contributed by atoms with E-state index in [0.717, 1.165) is 0 Å². The molecular weight excluding hydrogens is 371 g/mol. The van der Waals surface area contributed by atoms with E-state index in [4.69, 9.17) is 16.3 Å². The topological polar surface area (TPSA) is 60.3 Å².